The fraction of sp³-hybridized carbons (Fsp3) is 0.500. The van der Waals surface area contributed by atoms with Gasteiger partial charge in [0.2, 0.25) is 11.7 Å². The number of tetrazole rings is 1. The van der Waals surface area contributed by atoms with Crippen LogP contribution in [0.2, 0.25) is 0 Å². The van der Waals surface area contributed by atoms with Crippen molar-refractivity contribution >= 4 is 5.91 Å². The van der Waals surface area contributed by atoms with Crippen LogP contribution in [-0.4, -0.2) is 63.4 Å². The second-order valence-corrected chi connectivity index (χ2v) is 5.93. The van der Waals surface area contributed by atoms with Crippen molar-refractivity contribution < 1.29 is 14.3 Å². The number of benzene rings is 1. The molecule has 0 N–H and O–H groups in total. The van der Waals surface area contributed by atoms with Gasteiger partial charge in [-0.15, -0.1) is 10.2 Å². The van der Waals surface area contributed by atoms with Crippen molar-refractivity contribution in [2.45, 2.75) is 32.6 Å². The first-order valence-electron chi connectivity index (χ1n) is 7.90. The molecule has 1 fully saturated rings. The molecule has 0 saturated carbocycles. The van der Waals surface area contributed by atoms with Crippen LogP contribution in [0.4, 0.5) is 0 Å². The molecule has 2 atom stereocenters. The number of carbonyl (C=O) groups excluding carboxylic acids is 1. The number of hydrogen-bond donors (Lipinski definition) is 0. The average Bonchev–Trinajstić information content (AvgIpc) is 3.02. The van der Waals surface area contributed by atoms with Crippen LogP contribution >= 0.6 is 0 Å². The Hall–Kier alpha value is -2.48. The predicted octanol–water partition coefficient (Wildman–Crippen LogP) is 0.984. The zero-order valence-electron chi connectivity index (χ0n) is 14.0. The average molecular weight is 331 g/mol. The molecular formula is C16H21N5O3. The zero-order valence-corrected chi connectivity index (χ0v) is 14.0. The standard InChI is InChI=1S/C16H21N5O3/c1-11-8-20(9-12(2)24-11)15(22)10-21-18-16(17-19-21)13-5-4-6-14(7-13)23-3/h4-7,11-12H,8-10H2,1-3H3/t11-,12-/m0/s1. The van der Waals surface area contributed by atoms with Gasteiger partial charge in [-0.1, -0.05) is 12.1 Å². The predicted molar refractivity (Wildman–Crippen MR) is 86.4 cm³/mol. The van der Waals surface area contributed by atoms with E-state index in [9.17, 15) is 4.79 Å². The molecule has 1 aromatic carbocycles. The van der Waals surface area contributed by atoms with Crippen molar-refractivity contribution in [2.24, 2.45) is 0 Å². The summed E-state index contributed by atoms with van der Waals surface area (Å²) in [5.41, 5.74) is 0.793. The lowest BCUT2D eigenvalue weighted by Gasteiger charge is -2.35. The van der Waals surface area contributed by atoms with Gasteiger partial charge in [0, 0.05) is 18.7 Å². The summed E-state index contributed by atoms with van der Waals surface area (Å²) in [6, 6.07) is 7.40. The highest BCUT2D eigenvalue weighted by molar-refractivity contribution is 5.76. The van der Waals surface area contributed by atoms with E-state index in [-0.39, 0.29) is 24.7 Å². The topological polar surface area (TPSA) is 82.4 Å². The fourth-order valence-corrected chi connectivity index (χ4v) is 2.79. The van der Waals surface area contributed by atoms with E-state index in [4.69, 9.17) is 9.47 Å². The van der Waals surface area contributed by atoms with E-state index < -0.39 is 0 Å². The first kappa shape index (κ1) is 16.4. The van der Waals surface area contributed by atoms with Gasteiger partial charge in [-0.25, -0.2) is 0 Å². The second kappa shape index (κ2) is 6.96. The van der Waals surface area contributed by atoms with Crippen LogP contribution in [-0.2, 0) is 16.1 Å². The van der Waals surface area contributed by atoms with Gasteiger partial charge in [-0.2, -0.15) is 4.80 Å². The molecule has 0 aliphatic carbocycles. The molecule has 8 nitrogen and oxygen atoms in total. The van der Waals surface area contributed by atoms with Gasteiger partial charge >= 0.3 is 0 Å². The number of carbonyl (C=O) groups is 1. The van der Waals surface area contributed by atoms with Gasteiger partial charge in [0.1, 0.15) is 12.3 Å². The minimum Gasteiger partial charge on any atom is -0.497 e. The quantitative estimate of drug-likeness (QED) is 0.831. The summed E-state index contributed by atoms with van der Waals surface area (Å²) in [5, 5.41) is 12.3. The molecule has 1 saturated heterocycles. The van der Waals surface area contributed by atoms with E-state index in [0.717, 1.165) is 11.3 Å². The fourth-order valence-electron chi connectivity index (χ4n) is 2.79. The summed E-state index contributed by atoms with van der Waals surface area (Å²) in [4.78, 5) is 15.5. The Labute approximate surface area is 140 Å². The normalized spacial score (nSPS) is 20.9. The third-order valence-corrected chi connectivity index (χ3v) is 3.83. The molecule has 0 radical (unpaired) electrons. The molecule has 0 spiro atoms. The second-order valence-electron chi connectivity index (χ2n) is 5.93. The van der Waals surface area contributed by atoms with Gasteiger partial charge in [0.25, 0.3) is 0 Å². The van der Waals surface area contributed by atoms with Crippen molar-refractivity contribution in [3.05, 3.63) is 24.3 Å². The van der Waals surface area contributed by atoms with Crippen LogP contribution in [0.3, 0.4) is 0 Å². The highest BCUT2D eigenvalue weighted by Crippen LogP contribution is 2.19. The molecule has 1 aliphatic rings. The Bertz CT molecular complexity index is 707. The summed E-state index contributed by atoms with van der Waals surface area (Å²) in [7, 11) is 1.60. The Morgan fingerprint density at radius 3 is 2.79 bits per heavy atom. The highest BCUT2D eigenvalue weighted by Gasteiger charge is 2.26. The number of ether oxygens (including phenoxy) is 2. The van der Waals surface area contributed by atoms with Crippen molar-refractivity contribution in [1.82, 2.24) is 25.1 Å². The van der Waals surface area contributed by atoms with Crippen molar-refractivity contribution in [3.63, 3.8) is 0 Å². The number of aromatic nitrogens is 4. The van der Waals surface area contributed by atoms with E-state index >= 15 is 0 Å². The van der Waals surface area contributed by atoms with Crippen molar-refractivity contribution in [1.29, 1.82) is 0 Å². The first-order chi connectivity index (χ1) is 11.5. The third-order valence-electron chi connectivity index (χ3n) is 3.83. The Kier molecular flexibility index (Phi) is 4.75. The summed E-state index contributed by atoms with van der Waals surface area (Å²) in [5.74, 6) is 1.15. The van der Waals surface area contributed by atoms with Crippen LogP contribution in [0.5, 0.6) is 5.75 Å². The maximum atomic E-state index is 12.4. The monoisotopic (exact) mass is 331 g/mol. The molecule has 1 aliphatic heterocycles. The molecule has 2 heterocycles. The van der Waals surface area contributed by atoms with Crippen molar-refractivity contribution in [3.8, 4) is 17.1 Å². The Balaban J connectivity index is 1.68. The number of rotatable bonds is 4. The van der Waals surface area contributed by atoms with E-state index in [1.807, 2.05) is 38.1 Å². The SMILES string of the molecule is COc1cccc(-c2nnn(CC(=O)N3C[C@H](C)O[C@@H](C)C3)n2)c1. The summed E-state index contributed by atoms with van der Waals surface area (Å²) < 4.78 is 10.8. The van der Waals surface area contributed by atoms with Gasteiger partial charge in [0.05, 0.1) is 19.3 Å². The molecule has 8 heteroatoms. The molecule has 1 aromatic heterocycles. The summed E-state index contributed by atoms with van der Waals surface area (Å²) in [6.45, 7) is 5.16. The highest BCUT2D eigenvalue weighted by atomic mass is 16.5. The number of amides is 1. The van der Waals surface area contributed by atoms with E-state index in [0.29, 0.717) is 18.9 Å². The molecule has 24 heavy (non-hydrogen) atoms. The van der Waals surface area contributed by atoms with Crippen LogP contribution in [0.15, 0.2) is 24.3 Å². The smallest absolute Gasteiger partial charge is 0.246 e. The molecule has 1 amide bonds. The number of nitrogens with zero attached hydrogens (tertiary/aromatic N) is 5. The summed E-state index contributed by atoms with van der Waals surface area (Å²) >= 11 is 0. The first-order valence-corrected chi connectivity index (χ1v) is 7.90. The van der Waals surface area contributed by atoms with E-state index in [1.165, 1.54) is 4.80 Å². The maximum Gasteiger partial charge on any atom is 0.246 e. The molecule has 3 rings (SSSR count). The van der Waals surface area contributed by atoms with Crippen LogP contribution in [0.1, 0.15) is 13.8 Å². The zero-order chi connectivity index (χ0) is 17.1. The molecular weight excluding hydrogens is 310 g/mol. The van der Waals surface area contributed by atoms with Gasteiger partial charge in [-0.3, -0.25) is 4.79 Å². The largest absolute Gasteiger partial charge is 0.497 e. The van der Waals surface area contributed by atoms with Crippen LogP contribution in [0.25, 0.3) is 11.4 Å². The Morgan fingerprint density at radius 1 is 1.33 bits per heavy atom. The van der Waals surface area contributed by atoms with Crippen molar-refractivity contribution in [2.75, 3.05) is 20.2 Å². The molecule has 0 unspecified atom stereocenters. The number of hydrogen-bond acceptors (Lipinski definition) is 6. The molecule has 2 aromatic rings. The lowest BCUT2D eigenvalue weighted by Crippen LogP contribution is -2.49. The van der Waals surface area contributed by atoms with Crippen LogP contribution < -0.4 is 4.74 Å². The lowest BCUT2D eigenvalue weighted by atomic mass is 10.2. The van der Waals surface area contributed by atoms with E-state index in [2.05, 4.69) is 15.4 Å². The summed E-state index contributed by atoms with van der Waals surface area (Å²) in [6.07, 6.45) is 0.0718. The number of morpholine rings is 1. The number of methoxy groups -OCH3 is 1. The lowest BCUT2D eigenvalue weighted by molar-refractivity contribution is -0.144. The maximum absolute atomic E-state index is 12.4. The minimum atomic E-state index is -0.0356. The molecule has 128 valence electrons. The minimum absolute atomic E-state index is 0.0356. The van der Waals surface area contributed by atoms with Gasteiger partial charge < -0.3 is 14.4 Å². The van der Waals surface area contributed by atoms with Gasteiger partial charge in [0.15, 0.2) is 0 Å². The van der Waals surface area contributed by atoms with Gasteiger partial charge in [-0.05, 0) is 31.2 Å². The molecule has 0 bridgehead atoms. The Morgan fingerprint density at radius 2 is 2.08 bits per heavy atom. The van der Waals surface area contributed by atoms with Crippen LogP contribution in [0, 0.1) is 0 Å². The third kappa shape index (κ3) is 3.70. The van der Waals surface area contributed by atoms with E-state index in [1.54, 1.807) is 12.0 Å².